The Labute approximate surface area is 144 Å². The number of phenolic OH excluding ortho intramolecular Hbond substituents is 1. The molecule has 3 aromatic rings. The molecule has 0 saturated heterocycles. The van der Waals surface area contributed by atoms with Crippen LogP contribution in [0.5, 0.6) is 11.5 Å². The number of aromatic amines is 1. The van der Waals surface area contributed by atoms with Gasteiger partial charge in [-0.25, -0.2) is 13.4 Å². The number of nitrogens with one attached hydrogen (secondary N) is 1. The Morgan fingerprint density at radius 2 is 2.00 bits per heavy atom. The molecule has 0 radical (unpaired) electrons. The first-order chi connectivity index (χ1) is 11.8. The molecule has 0 aliphatic rings. The minimum Gasteiger partial charge on any atom is -0.508 e. The summed E-state index contributed by atoms with van der Waals surface area (Å²) in [7, 11) is -2.77. The van der Waals surface area contributed by atoms with E-state index in [0.29, 0.717) is 22.3 Å². The largest absolute Gasteiger partial charge is 0.508 e. The van der Waals surface area contributed by atoms with E-state index in [1.54, 1.807) is 13.8 Å². The predicted molar refractivity (Wildman–Crippen MR) is 90.2 cm³/mol. The Balaban J connectivity index is 2.10. The molecule has 1 atom stereocenters. The van der Waals surface area contributed by atoms with Crippen molar-refractivity contribution < 1.29 is 23.4 Å². The van der Waals surface area contributed by atoms with Gasteiger partial charge in [-0.2, -0.15) is 0 Å². The fraction of sp³-hybridized carbons (Fsp3) is 0.250. The molecule has 25 heavy (non-hydrogen) atoms. The summed E-state index contributed by atoms with van der Waals surface area (Å²) < 4.78 is 30.7. The molecule has 8 nitrogen and oxygen atoms in total. The van der Waals surface area contributed by atoms with Crippen LogP contribution in [0.4, 0.5) is 0 Å². The zero-order chi connectivity index (χ0) is 18.4. The summed E-state index contributed by atoms with van der Waals surface area (Å²) in [6.45, 7) is 3.40. The average molecular weight is 363 g/mol. The first kappa shape index (κ1) is 17.2. The Bertz CT molecular complexity index is 1060. The van der Waals surface area contributed by atoms with Crippen LogP contribution in [0.3, 0.4) is 0 Å². The van der Waals surface area contributed by atoms with E-state index in [2.05, 4.69) is 15.0 Å². The van der Waals surface area contributed by atoms with Gasteiger partial charge in [0, 0.05) is 23.4 Å². The van der Waals surface area contributed by atoms with Crippen LogP contribution in [0, 0.1) is 13.8 Å². The van der Waals surface area contributed by atoms with Crippen molar-refractivity contribution >= 4 is 20.9 Å². The van der Waals surface area contributed by atoms with Gasteiger partial charge in [0.1, 0.15) is 11.5 Å². The number of aromatic nitrogens is 3. The van der Waals surface area contributed by atoms with E-state index in [1.807, 2.05) is 0 Å². The quantitative estimate of drug-likeness (QED) is 0.645. The summed E-state index contributed by atoms with van der Waals surface area (Å²) in [5.74, 6) is 0.440. The first-order valence-electron chi connectivity index (χ1n) is 7.36. The van der Waals surface area contributed by atoms with Gasteiger partial charge in [-0.05, 0) is 26.0 Å². The molecular weight excluding hydrogens is 346 g/mol. The maximum absolute atomic E-state index is 12.7. The molecule has 1 aromatic carbocycles. The van der Waals surface area contributed by atoms with E-state index >= 15 is 0 Å². The number of aliphatic hydroxyl groups is 1. The summed E-state index contributed by atoms with van der Waals surface area (Å²) in [6.07, 6.45) is 1.44. The number of ether oxygens (including phenoxy) is 1. The lowest BCUT2D eigenvalue weighted by Crippen LogP contribution is -2.17. The highest BCUT2D eigenvalue weighted by Gasteiger charge is 2.33. The smallest absolute Gasteiger partial charge is 0.244 e. The van der Waals surface area contributed by atoms with E-state index in [0.717, 1.165) is 5.56 Å². The number of imidazole rings is 1. The monoisotopic (exact) mass is 363 g/mol. The number of aryl methyl sites for hydroxylation is 1. The molecule has 0 saturated carbocycles. The number of benzene rings is 1. The van der Waals surface area contributed by atoms with E-state index in [4.69, 9.17) is 4.74 Å². The van der Waals surface area contributed by atoms with Crippen molar-refractivity contribution in [2.45, 2.75) is 24.4 Å². The standard InChI is InChI=1S/C16H17N3O5S/c1-8-7-17-13(9(2)14(8)24-3)15(21)25(22,23)16-18-11-5-4-10(20)6-12(11)19-16/h4-7,15,20-21H,1-3H3,(H,18,19). The SMILES string of the molecule is COc1c(C)cnc(C(O)S(=O)(=O)c2nc3ccc(O)cc3[nH]2)c1C. The van der Waals surface area contributed by atoms with Crippen molar-refractivity contribution in [1.29, 1.82) is 0 Å². The van der Waals surface area contributed by atoms with Gasteiger partial charge in [-0.1, -0.05) is 0 Å². The number of hydrogen-bond acceptors (Lipinski definition) is 7. The predicted octanol–water partition coefficient (Wildman–Crippen LogP) is 1.75. The number of phenols is 1. The third-order valence-electron chi connectivity index (χ3n) is 3.93. The van der Waals surface area contributed by atoms with Crippen LogP contribution in [0.15, 0.2) is 29.6 Å². The van der Waals surface area contributed by atoms with Crippen molar-refractivity contribution in [2.24, 2.45) is 0 Å². The maximum atomic E-state index is 12.7. The molecule has 0 aliphatic carbocycles. The Kier molecular flexibility index (Phi) is 4.13. The van der Waals surface area contributed by atoms with Crippen molar-refractivity contribution in [3.05, 3.63) is 41.2 Å². The van der Waals surface area contributed by atoms with Crippen LogP contribution in [0.2, 0.25) is 0 Å². The van der Waals surface area contributed by atoms with Crippen LogP contribution in [-0.2, 0) is 9.84 Å². The Morgan fingerprint density at radius 1 is 1.28 bits per heavy atom. The van der Waals surface area contributed by atoms with Gasteiger partial charge in [0.25, 0.3) is 0 Å². The van der Waals surface area contributed by atoms with Crippen molar-refractivity contribution in [2.75, 3.05) is 7.11 Å². The number of aliphatic hydroxyl groups excluding tert-OH is 1. The summed E-state index contributed by atoms with van der Waals surface area (Å²) in [6, 6.07) is 4.23. The van der Waals surface area contributed by atoms with Gasteiger partial charge >= 0.3 is 0 Å². The minimum atomic E-state index is -4.24. The van der Waals surface area contributed by atoms with Crippen molar-refractivity contribution in [3.63, 3.8) is 0 Å². The third-order valence-corrected chi connectivity index (χ3v) is 5.47. The minimum absolute atomic E-state index is 0.0225. The van der Waals surface area contributed by atoms with Gasteiger partial charge < -0.3 is 19.9 Å². The molecule has 0 spiro atoms. The molecule has 2 heterocycles. The molecular formula is C16H17N3O5S. The second-order valence-electron chi connectivity index (χ2n) is 5.63. The molecule has 0 bridgehead atoms. The van der Waals surface area contributed by atoms with Crippen LogP contribution in [0.1, 0.15) is 22.3 Å². The lowest BCUT2D eigenvalue weighted by molar-refractivity contribution is 0.247. The summed E-state index contributed by atoms with van der Waals surface area (Å²) in [4.78, 5) is 10.7. The number of fused-ring (bicyclic) bond motifs is 1. The van der Waals surface area contributed by atoms with Crippen molar-refractivity contribution in [3.8, 4) is 11.5 Å². The topological polar surface area (TPSA) is 125 Å². The highest BCUT2D eigenvalue weighted by molar-refractivity contribution is 7.91. The van der Waals surface area contributed by atoms with Crippen LogP contribution < -0.4 is 4.74 Å². The number of aromatic hydroxyl groups is 1. The number of pyridine rings is 1. The number of H-pyrrole nitrogens is 1. The van der Waals surface area contributed by atoms with Crippen LogP contribution in [-0.4, -0.2) is 40.7 Å². The zero-order valence-electron chi connectivity index (χ0n) is 13.8. The molecule has 1 unspecified atom stereocenters. The highest BCUT2D eigenvalue weighted by Crippen LogP contribution is 2.32. The molecule has 132 valence electrons. The second kappa shape index (κ2) is 6.01. The lowest BCUT2D eigenvalue weighted by atomic mass is 10.1. The van der Waals surface area contributed by atoms with Crippen molar-refractivity contribution in [1.82, 2.24) is 15.0 Å². The highest BCUT2D eigenvalue weighted by atomic mass is 32.2. The fourth-order valence-electron chi connectivity index (χ4n) is 2.66. The number of methoxy groups -OCH3 is 1. The van der Waals surface area contributed by atoms with E-state index in [9.17, 15) is 18.6 Å². The maximum Gasteiger partial charge on any atom is 0.244 e. The molecule has 0 amide bonds. The molecule has 2 aromatic heterocycles. The first-order valence-corrected chi connectivity index (χ1v) is 8.91. The summed E-state index contributed by atoms with van der Waals surface area (Å²) in [5.41, 5.74) is -0.0616. The van der Waals surface area contributed by atoms with Gasteiger partial charge in [-0.15, -0.1) is 0 Å². The van der Waals surface area contributed by atoms with Gasteiger partial charge in [0.2, 0.25) is 20.4 Å². The van der Waals surface area contributed by atoms with Crippen LogP contribution >= 0.6 is 0 Å². The number of hydrogen-bond donors (Lipinski definition) is 3. The third kappa shape index (κ3) is 2.81. The normalized spacial score (nSPS) is 13.1. The Morgan fingerprint density at radius 3 is 2.68 bits per heavy atom. The zero-order valence-corrected chi connectivity index (χ0v) is 14.6. The molecule has 3 N–H and O–H groups in total. The lowest BCUT2D eigenvalue weighted by Gasteiger charge is -2.15. The molecule has 0 aliphatic heterocycles. The summed E-state index contributed by atoms with van der Waals surface area (Å²) >= 11 is 0. The Hall–Kier alpha value is -2.65. The van der Waals surface area contributed by atoms with E-state index in [-0.39, 0.29) is 11.4 Å². The van der Waals surface area contributed by atoms with Gasteiger partial charge in [0.15, 0.2) is 0 Å². The van der Waals surface area contributed by atoms with Crippen LogP contribution in [0.25, 0.3) is 11.0 Å². The second-order valence-corrected chi connectivity index (χ2v) is 7.55. The fourth-order valence-corrected chi connectivity index (χ4v) is 3.88. The molecule has 3 rings (SSSR count). The number of rotatable bonds is 4. The molecule has 0 fully saturated rings. The van der Waals surface area contributed by atoms with E-state index in [1.165, 1.54) is 31.5 Å². The van der Waals surface area contributed by atoms with E-state index < -0.39 is 20.4 Å². The van der Waals surface area contributed by atoms with Gasteiger partial charge in [0.05, 0.1) is 23.8 Å². The molecule has 9 heteroatoms. The van der Waals surface area contributed by atoms with Gasteiger partial charge in [-0.3, -0.25) is 4.98 Å². The average Bonchev–Trinajstić information content (AvgIpc) is 2.98. The summed E-state index contributed by atoms with van der Waals surface area (Å²) in [5, 5.41) is 19.5. The number of nitrogens with zero attached hydrogens (tertiary/aromatic N) is 2. The number of sulfone groups is 1.